The average molecular weight is 444 g/mol. The second-order valence-corrected chi connectivity index (χ2v) is 7.58. The lowest BCUT2D eigenvalue weighted by atomic mass is 9.78. The molecular formula is C28H37N5. The second-order valence-electron chi connectivity index (χ2n) is 7.58. The number of hydrazone groups is 1. The van der Waals surface area contributed by atoms with E-state index in [1.165, 1.54) is 27.9 Å². The molecule has 0 saturated carbocycles. The Morgan fingerprint density at radius 1 is 0.788 bits per heavy atom. The lowest BCUT2D eigenvalue weighted by molar-refractivity contribution is 0.383. The van der Waals surface area contributed by atoms with Crippen LogP contribution in [0.4, 0.5) is 11.6 Å². The zero-order valence-electron chi connectivity index (χ0n) is 21.3. The molecule has 0 fully saturated rings. The molecule has 3 aliphatic heterocycles. The molecule has 0 N–H and O–H groups in total. The molecule has 0 bridgehead atoms. The van der Waals surface area contributed by atoms with Crippen LogP contribution in [0.2, 0.25) is 0 Å². The van der Waals surface area contributed by atoms with Gasteiger partial charge < -0.3 is 0 Å². The Bertz CT molecular complexity index is 1110. The molecular weight excluding hydrogens is 406 g/mol. The number of para-hydroxylation sites is 1. The van der Waals surface area contributed by atoms with Gasteiger partial charge in [0.15, 0.2) is 5.84 Å². The van der Waals surface area contributed by atoms with E-state index in [9.17, 15) is 0 Å². The van der Waals surface area contributed by atoms with E-state index >= 15 is 0 Å². The minimum absolute atomic E-state index is 0.0457. The van der Waals surface area contributed by atoms with E-state index in [1.54, 1.807) is 12.4 Å². The van der Waals surface area contributed by atoms with Crippen LogP contribution in [-0.2, 0) is 5.41 Å². The molecule has 3 aliphatic rings. The molecule has 0 amide bonds. The predicted molar refractivity (Wildman–Crippen MR) is 141 cm³/mol. The van der Waals surface area contributed by atoms with Gasteiger partial charge in [0, 0.05) is 28.9 Å². The zero-order valence-corrected chi connectivity index (χ0v) is 21.3. The fraction of sp³-hybridized carbons (Fsp3) is 0.393. The van der Waals surface area contributed by atoms with Crippen LogP contribution >= 0.6 is 0 Å². The lowest BCUT2D eigenvalue weighted by Crippen LogP contribution is -2.50. The summed E-state index contributed by atoms with van der Waals surface area (Å²) in [6.45, 7) is 16.6. The molecule has 5 heteroatoms. The molecule has 0 radical (unpaired) electrons. The first-order valence-electron chi connectivity index (χ1n) is 12.4. The van der Waals surface area contributed by atoms with Crippen LogP contribution in [0.5, 0.6) is 0 Å². The Hall–Kier alpha value is -3.21. The first kappa shape index (κ1) is 24.4. The Morgan fingerprint density at radius 2 is 1.39 bits per heavy atom. The SMILES string of the molecule is CC.CC.CC.CCC1(C)c2cccc3c2N2C(=NN(c4ncccn4)C21)c1ccccc1-3. The van der Waals surface area contributed by atoms with Crippen molar-refractivity contribution in [2.24, 2.45) is 5.10 Å². The van der Waals surface area contributed by atoms with Gasteiger partial charge in [-0.25, -0.2) is 15.0 Å². The summed E-state index contributed by atoms with van der Waals surface area (Å²) in [6.07, 6.45) is 4.62. The molecule has 4 heterocycles. The summed E-state index contributed by atoms with van der Waals surface area (Å²) in [7, 11) is 0. The first-order valence-corrected chi connectivity index (χ1v) is 12.4. The number of rotatable bonds is 2. The molecule has 2 aromatic carbocycles. The highest BCUT2D eigenvalue weighted by atomic mass is 15.7. The number of benzene rings is 2. The van der Waals surface area contributed by atoms with Gasteiger partial charge >= 0.3 is 0 Å². The van der Waals surface area contributed by atoms with Crippen molar-refractivity contribution >= 4 is 17.5 Å². The van der Waals surface area contributed by atoms with Gasteiger partial charge in [0.05, 0.1) is 5.69 Å². The van der Waals surface area contributed by atoms with Crippen molar-refractivity contribution in [1.82, 2.24) is 9.97 Å². The van der Waals surface area contributed by atoms with E-state index in [0.29, 0.717) is 5.95 Å². The highest BCUT2D eigenvalue weighted by Crippen LogP contribution is 2.57. The topological polar surface area (TPSA) is 44.6 Å². The monoisotopic (exact) mass is 443 g/mol. The van der Waals surface area contributed by atoms with Gasteiger partial charge in [0.2, 0.25) is 5.95 Å². The predicted octanol–water partition coefficient (Wildman–Crippen LogP) is 7.23. The number of anilines is 2. The van der Waals surface area contributed by atoms with Crippen molar-refractivity contribution in [3.8, 4) is 11.1 Å². The summed E-state index contributed by atoms with van der Waals surface area (Å²) in [6, 6.07) is 17.1. The average Bonchev–Trinajstić information content (AvgIpc) is 3.44. The second kappa shape index (κ2) is 10.2. The van der Waals surface area contributed by atoms with Crippen LogP contribution in [0, 0.1) is 0 Å². The molecule has 1 aromatic heterocycles. The standard InChI is InChI=1S/C22H19N5.3C2H6/c1-3-22(2)17-11-6-10-15-14-8-4-5-9-16(14)19-25-27(20(22)26(19)18(15)17)21-23-12-7-13-24-21;3*1-2/h4-13,20H,3H2,1-2H3;3*1-2H3. The fourth-order valence-corrected chi connectivity index (χ4v) is 4.87. The molecule has 2 atom stereocenters. The van der Waals surface area contributed by atoms with E-state index < -0.39 is 0 Å². The Kier molecular flexibility index (Phi) is 7.52. The maximum Gasteiger partial charge on any atom is 0.248 e. The van der Waals surface area contributed by atoms with Crippen molar-refractivity contribution in [3.05, 3.63) is 72.1 Å². The van der Waals surface area contributed by atoms with Crippen molar-refractivity contribution in [2.75, 3.05) is 9.91 Å². The first-order chi connectivity index (χ1) is 16.2. The summed E-state index contributed by atoms with van der Waals surface area (Å²) in [4.78, 5) is 11.4. The van der Waals surface area contributed by atoms with E-state index in [-0.39, 0.29) is 11.6 Å². The Labute approximate surface area is 199 Å². The van der Waals surface area contributed by atoms with Crippen molar-refractivity contribution in [3.63, 3.8) is 0 Å². The van der Waals surface area contributed by atoms with Gasteiger partial charge in [-0.3, -0.25) is 4.90 Å². The Balaban J connectivity index is 0.000000475. The molecule has 174 valence electrons. The van der Waals surface area contributed by atoms with Crippen molar-refractivity contribution < 1.29 is 0 Å². The number of aromatic nitrogens is 2. The quantitative estimate of drug-likeness (QED) is 0.419. The van der Waals surface area contributed by atoms with Crippen LogP contribution in [0.1, 0.15) is 72.9 Å². The van der Waals surface area contributed by atoms with Crippen LogP contribution in [0.25, 0.3) is 11.1 Å². The summed E-state index contributed by atoms with van der Waals surface area (Å²) < 4.78 is 0. The number of hydrogen-bond acceptors (Lipinski definition) is 5. The van der Waals surface area contributed by atoms with Crippen LogP contribution in [0.3, 0.4) is 0 Å². The third-order valence-electron chi connectivity index (χ3n) is 6.32. The lowest BCUT2D eigenvalue weighted by Gasteiger charge is -2.36. The van der Waals surface area contributed by atoms with Crippen LogP contribution in [0.15, 0.2) is 66.0 Å². The summed E-state index contributed by atoms with van der Waals surface area (Å²) in [5, 5.41) is 7.06. The number of hydrogen-bond donors (Lipinski definition) is 0. The minimum Gasteiger partial charge on any atom is -0.300 e. The molecule has 0 spiro atoms. The number of nitrogens with zero attached hydrogens (tertiary/aromatic N) is 5. The van der Waals surface area contributed by atoms with Crippen LogP contribution < -0.4 is 9.91 Å². The van der Waals surface area contributed by atoms with E-state index in [1.807, 2.05) is 52.6 Å². The van der Waals surface area contributed by atoms with E-state index in [0.717, 1.165) is 12.3 Å². The summed E-state index contributed by atoms with van der Waals surface area (Å²) in [5.74, 6) is 1.65. The Morgan fingerprint density at radius 3 is 2.03 bits per heavy atom. The molecule has 3 aromatic rings. The third kappa shape index (κ3) is 3.50. The van der Waals surface area contributed by atoms with Crippen LogP contribution in [-0.4, -0.2) is 22.0 Å². The smallest absolute Gasteiger partial charge is 0.248 e. The number of amidine groups is 1. The molecule has 33 heavy (non-hydrogen) atoms. The normalized spacial score (nSPS) is 20.1. The molecule has 0 saturated heterocycles. The largest absolute Gasteiger partial charge is 0.300 e. The van der Waals surface area contributed by atoms with E-state index in [4.69, 9.17) is 5.10 Å². The minimum atomic E-state index is -0.0716. The van der Waals surface area contributed by atoms with Gasteiger partial charge in [0.25, 0.3) is 0 Å². The fourth-order valence-electron chi connectivity index (χ4n) is 4.87. The maximum atomic E-state index is 5.04. The third-order valence-corrected chi connectivity index (χ3v) is 6.32. The highest BCUT2D eigenvalue weighted by molar-refractivity contribution is 6.22. The van der Waals surface area contributed by atoms with Gasteiger partial charge in [-0.1, -0.05) is 97.9 Å². The molecule has 5 nitrogen and oxygen atoms in total. The maximum absolute atomic E-state index is 5.04. The summed E-state index contributed by atoms with van der Waals surface area (Å²) >= 11 is 0. The van der Waals surface area contributed by atoms with Gasteiger partial charge in [-0.2, -0.15) is 0 Å². The highest BCUT2D eigenvalue weighted by Gasteiger charge is 2.57. The molecule has 0 aliphatic carbocycles. The number of fused-ring (bicyclic) bond motifs is 3. The van der Waals surface area contributed by atoms with Crippen molar-refractivity contribution in [2.45, 2.75) is 73.4 Å². The molecule has 2 unspecified atom stereocenters. The van der Waals surface area contributed by atoms with Gasteiger partial charge in [0.1, 0.15) is 6.17 Å². The summed E-state index contributed by atoms with van der Waals surface area (Å²) in [5.41, 5.74) is 6.32. The van der Waals surface area contributed by atoms with Gasteiger partial charge in [-0.05, 0) is 23.6 Å². The van der Waals surface area contributed by atoms with E-state index in [2.05, 4.69) is 71.2 Å². The zero-order chi connectivity index (χ0) is 24.2. The molecule has 6 rings (SSSR count). The van der Waals surface area contributed by atoms with Crippen molar-refractivity contribution in [1.29, 1.82) is 0 Å². The van der Waals surface area contributed by atoms with Gasteiger partial charge in [-0.15, -0.1) is 5.10 Å².